The maximum absolute atomic E-state index is 2.35. The van der Waals surface area contributed by atoms with E-state index in [-0.39, 0.29) is 5.41 Å². The first-order chi connectivity index (χ1) is 20.7. The minimum atomic E-state index is 0.271. The van der Waals surface area contributed by atoms with Crippen molar-refractivity contribution in [1.82, 2.24) is 0 Å². The van der Waals surface area contributed by atoms with Crippen molar-refractivity contribution in [3.05, 3.63) is 107 Å². The second-order valence-electron chi connectivity index (χ2n) is 13.9. The van der Waals surface area contributed by atoms with E-state index in [4.69, 9.17) is 0 Å². The van der Waals surface area contributed by atoms with Gasteiger partial charge >= 0.3 is 0 Å². The molecule has 0 unspecified atom stereocenters. The molecule has 0 spiro atoms. The number of benzene rings is 3. The van der Waals surface area contributed by atoms with Gasteiger partial charge in [0, 0.05) is 0 Å². The van der Waals surface area contributed by atoms with Crippen LogP contribution in [-0.2, 0) is 24.7 Å². The van der Waals surface area contributed by atoms with Crippen molar-refractivity contribution in [2.24, 2.45) is 23.7 Å². The third-order valence-corrected chi connectivity index (χ3v) is 6.59. The Bertz CT molecular complexity index is 956. The fourth-order valence-corrected chi connectivity index (χ4v) is 3.82. The van der Waals surface area contributed by atoms with Crippen molar-refractivity contribution in [1.29, 1.82) is 0 Å². The van der Waals surface area contributed by atoms with E-state index in [0.29, 0.717) is 0 Å². The van der Waals surface area contributed by atoms with E-state index in [9.17, 15) is 0 Å². The smallest absolute Gasteiger partial charge is 0.0132 e. The van der Waals surface area contributed by atoms with Gasteiger partial charge in [-0.25, -0.2) is 0 Å². The molecule has 0 heteroatoms. The van der Waals surface area contributed by atoms with Gasteiger partial charge in [-0.15, -0.1) is 0 Å². The van der Waals surface area contributed by atoms with Crippen molar-refractivity contribution in [3.63, 3.8) is 0 Å². The zero-order chi connectivity index (χ0) is 34.6. The monoisotopic (exact) mass is 605 g/mol. The summed E-state index contributed by atoms with van der Waals surface area (Å²) in [4.78, 5) is 0. The molecular weight excluding hydrogens is 528 g/mol. The van der Waals surface area contributed by atoms with Gasteiger partial charge < -0.3 is 0 Å². The van der Waals surface area contributed by atoms with E-state index >= 15 is 0 Å². The molecule has 0 saturated carbocycles. The van der Waals surface area contributed by atoms with Crippen molar-refractivity contribution in [2.45, 2.75) is 148 Å². The van der Waals surface area contributed by atoms with Crippen LogP contribution < -0.4 is 0 Å². The Morgan fingerprint density at radius 2 is 0.864 bits per heavy atom. The highest BCUT2D eigenvalue weighted by molar-refractivity contribution is 5.28. The van der Waals surface area contributed by atoms with Crippen molar-refractivity contribution in [2.75, 3.05) is 0 Å². The van der Waals surface area contributed by atoms with Crippen molar-refractivity contribution in [3.8, 4) is 0 Å². The van der Waals surface area contributed by atoms with E-state index in [2.05, 4.69) is 168 Å². The van der Waals surface area contributed by atoms with E-state index in [1.54, 1.807) is 0 Å². The highest BCUT2D eigenvalue weighted by atomic mass is 14.2. The highest BCUT2D eigenvalue weighted by Gasteiger charge is 2.13. The molecule has 0 N–H and O–H groups in total. The van der Waals surface area contributed by atoms with Gasteiger partial charge in [-0.1, -0.05) is 202 Å². The molecule has 0 saturated heterocycles. The van der Waals surface area contributed by atoms with Gasteiger partial charge in [0.25, 0.3) is 0 Å². The van der Waals surface area contributed by atoms with Crippen LogP contribution in [0.25, 0.3) is 0 Å². The molecule has 0 aliphatic rings. The molecule has 3 rings (SSSR count). The Balaban J connectivity index is -0.000000510. The summed E-state index contributed by atoms with van der Waals surface area (Å²) in [7, 11) is 0. The average molecular weight is 605 g/mol. The number of hydrogen-bond acceptors (Lipinski definition) is 0. The van der Waals surface area contributed by atoms with E-state index in [0.717, 1.165) is 23.7 Å². The Kier molecular flexibility index (Phi) is 30.8. The van der Waals surface area contributed by atoms with E-state index < -0.39 is 0 Å². The van der Waals surface area contributed by atoms with Crippen LogP contribution in [0.5, 0.6) is 0 Å². The topological polar surface area (TPSA) is 0 Å². The molecule has 0 bridgehead atoms. The standard InChI is InChI=1S/C14H22.C11H16.C10H14.C5H12.2C2H6/c1-11(2)9-12-7-6-8-13(10-12)14(3,4)5;1-10(2)8-9-11-6-4-3-5-7-11;1-9(2)8-10-6-4-3-5-7-10;1-4-5(2)3;2*1-2/h6-8,10-11H,9H2,1-5H3;3-7,10H,8-9H2,1-2H3;3-7,9H,8H2,1-2H3;5H,4H2,1-3H3;2*1-2H3. The summed E-state index contributed by atoms with van der Waals surface area (Å²) in [5.41, 5.74) is 6.08. The molecule has 0 amide bonds. The van der Waals surface area contributed by atoms with Crippen LogP contribution in [0.1, 0.15) is 146 Å². The molecule has 0 aromatic heterocycles. The van der Waals surface area contributed by atoms with E-state index in [1.807, 2.05) is 27.7 Å². The molecule has 3 aromatic rings. The van der Waals surface area contributed by atoms with Gasteiger partial charge in [0.15, 0.2) is 0 Å². The Hall–Kier alpha value is -2.34. The summed E-state index contributed by atoms with van der Waals surface area (Å²) in [5, 5.41) is 0. The number of hydrogen-bond donors (Lipinski definition) is 0. The maximum atomic E-state index is 2.35. The zero-order valence-corrected chi connectivity index (χ0v) is 32.4. The van der Waals surface area contributed by atoms with Gasteiger partial charge in [0.05, 0.1) is 0 Å². The summed E-state index contributed by atoms with van der Waals surface area (Å²) in [6.07, 6.45) is 6.20. The zero-order valence-electron chi connectivity index (χ0n) is 32.4. The van der Waals surface area contributed by atoms with Crippen LogP contribution in [0.15, 0.2) is 84.9 Å². The lowest BCUT2D eigenvalue weighted by atomic mass is 9.85. The summed E-state index contributed by atoms with van der Waals surface area (Å²) in [6.45, 7) is 35.0. The van der Waals surface area contributed by atoms with Gasteiger partial charge in [0.2, 0.25) is 0 Å². The lowest BCUT2D eigenvalue weighted by Crippen LogP contribution is -2.11. The first-order valence-corrected chi connectivity index (χ1v) is 17.9. The molecule has 0 aliphatic carbocycles. The quantitative estimate of drug-likeness (QED) is 0.240. The predicted octanol–water partition coefficient (Wildman–Crippen LogP) is 14.4. The molecule has 0 aliphatic heterocycles. The molecule has 44 heavy (non-hydrogen) atoms. The number of rotatable bonds is 8. The SMILES string of the molecule is CC.CC.CC(C)CCc1ccccc1.CC(C)Cc1cccc(C(C)(C)C)c1.CC(C)Cc1ccccc1.CCC(C)C. The van der Waals surface area contributed by atoms with Crippen LogP contribution >= 0.6 is 0 Å². The Labute approximate surface area is 278 Å². The average Bonchev–Trinajstić information content (AvgIpc) is 2.99. The fourth-order valence-electron chi connectivity index (χ4n) is 3.82. The van der Waals surface area contributed by atoms with E-state index in [1.165, 1.54) is 54.4 Å². The second kappa shape index (κ2) is 29.4. The first-order valence-electron chi connectivity index (χ1n) is 17.9. The molecular formula is C44H76. The lowest BCUT2D eigenvalue weighted by Gasteiger charge is -2.20. The minimum Gasteiger partial charge on any atom is -0.0683 e. The summed E-state index contributed by atoms with van der Waals surface area (Å²) >= 11 is 0. The molecule has 252 valence electrons. The highest BCUT2D eigenvalue weighted by Crippen LogP contribution is 2.23. The Morgan fingerprint density at radius 1 is 0.477 bits per heavy atom. The second-order valence-corrected chi connectivity index (χ2v) is 13.9. The number of aryl methyl sites for hydroxylation is 1. The van der Waals surface area contributed by atoms with Gasteiger partial charge in [-0.3, -0.25) is 0 Å². The van der Waals surface area contributed by atoms with Gasteiger partial charge in [-0.05, 0) is 77.0 Å². The molecule has 0 radical (unpaired) electrons. The molecule has 0 fully saturated rings. The predicted molar refractivity (Wildman–Crippen MR) is 206 cm³/mol. The molecule has 3 aromatic carbocycles. The van der Waals surface area contributed by atoms with Gasteiger partial charge in [-0.2, -0.15) is 0 Å². The third-order valence-electron chi connectivity index (χ3n) is 6.59. The maximum Gasteiger partial charge on any atom is -0.0132 e. The van der Waals surface area contributed by atoms with Crippen LogP contribution in [0, 0.1) is 23.7 Å². The van der Waals surface area contributed by atoms with Crippen LogP contribution in [0.4, 0.5) is 0 Å². The van der Waals surface area contributed by atoms with Gasteiger partial charge in [0.1, 0.15) is 0 Å². The Morgan fingerprint density at radius 3 is 1.23 bits per heavy atom. The third kappa shape index (κ3) is 29.7. The summed E-state index contributed by atoms with van der Waals surface area (Å²) in [6, 6.07) is 30.3. The molecule has 0 heterocycles. The largest absolute Gasteiger partial charge is 0.0683 e. The normalized spacial score (nSPS) is 10.2. The molecule has 0 atom stereocenters. The van der Waals surface area contributed by atoms with Crippen molar-refractivity contribution < 1.29 is 0 Å². The summed E-state index contributed by atoms with van der Waals surface area (Å²) in [5.74, 6) is 3.21. The minimum absolute atomic E-state index is 0.271. The first kappa shape index (κ1) is 46.1. The van der Waals surface area contributed by atoms with Crippen molar-refractivity contribution >= 4 is 0 Å². The van der Waals surface area contributed by atoms with Crippen LogP contribution in [0.3, 0.4) is 0 Å². The lowest BCUT2D eigenvalue weighted by molar-refractivity contribution is 0.586. The van der Waals surface area contributed by atoms with Crippen LogP contribution in [0.2, 0.25) is 0 Å². The fraction of sp³-hybridized carbons (Fsp3) is 0.591. The van der Waals surface area contributed by atoms with Crippen LogP contribution in [-0.4, -0.2) is 0 Å². The molecule has 0 nitrogen and oxygen atoms in total. The summed E-state index contributed by atoms with van der Waals surface area (Å²) < 4.78 is 0.